The maximum Gasteiger partial charge on any atom is 0.344 e. The van der Waals surface area contributed by atoms with Crippen LogP contribution in [0.25, 0.3) is 21.7 Å². The number of aromatic hydroxyl groups is 1. The van der Waals surface area contributed by atoms with E-state index in [4.69, 9.17) is 16.0 Å². The zero-order valence-electron chi connectivity index (χ0n) is 10.5. The third-order valence-electron chi connectivity index (χ3n) is 3.23. The molecule has 0 aliphatic heterocycles. The molecule has 3 aromatic rings. The summed E-state index contributed by atoms with van der Waals surface area (Å²) in [5.41, 5.74) is -0.0409. The van der Waals surface area contributed by atoms with Gasteiger partial charge in [0.2, 0.25) is 0 Å². The van der Waals surface area contributed by atoms with E-state index in [9.17, 15) is 14.3 Å². The molecule has 0 radical (unpaired) electrons. The van der Waals surface area contributed by atoms with Crippen molar-refractivity contribution in [3.05, 3.63) is 51.3 Å². The van der Waals surface area contributed by atoms with Gasteiger partial charge in [-0.05, 0) is 36.8 Å². The van der Waals surface area contributed by atoms with Gasteiger partial charge in [0, 0.05) is 21.9 Å². The van der Waals surface area contributed by atoms with Gasteiger partial charge in [0.1, 0.15) is 17.5 Å². The Morgan fingerprint density at radius 2 is 2.00 bits per heavy atom. The average molecular weight is 293 g/mol. The summed E-state index contributed by atoms with van der Waals surface area (Å²) in [6, 6.07) is 7.38. The molecule has 0 fully saturated rings. The van der Waals surface area contributed by atoms with Crippen LogP contribution in [0.5, 0.6) is 5.75 Å². The Labute approximate surface area is 118 Å². The highest BCUT2D eigenvalue weighted by Crippen LogP contribution is 2.33. The maximum atomic E-state index is 13.4. The van der Waals surface area contributed by atoms with Crippen LogP contribution in [0, 0.1) is 0 Å². The largest absolute Gasteiger partial charge is 0.508 e. The van der Waals surface area contributed by atoms with E-state index >= 15 is 0 Å². The Bertz CT molecular complexity index is 884. The van der Waals surface area contributed by atoms with Crippen LogP contribution in [0.1, 0.15) is 18.7 Å². The molecule has 0 saturated heterocycles. The van der Waals surface area contributed by atoms with Gasteiger partial charge in [-0.15, -0.1) is 0 Å². The summed E-state index contributed by atoms with van der Waals surface area (Å²) in [5, 5.41) is 11.0. The minimum absolute atomic E-state index is 0.00915. The average Bonchev–Trinajstić information content (AvgIpc) is 2.38. The molecule has 3 nitrogen and oxygen atoms in total. The summed E-state index contributed by atoms with van der Waals surface area (Å²) in [5.74, 6) is -0.00915. The van der Waals surface area contributed by atoms with Gasteiger partial charge in [0.05, 0.1) is 5.39 Å². The molecule has 5 heteroatoms. The number of alkyl halides is 1. The summed E-state index contributed by atoms with van der Waals surface area (Å²) in [6.45, 7) is 1.37. The number of fused-ring (bicyclic) bond motifs is 3. The van der Waals surface area contributed by atoms with E-state index in [-0.39, 0.29) is 21.7 Å². The van der Waals surface area contributed by atoms with Crippen LogP contribution < -0.4 is 5.63 Å². The summed E-state index contributed by atoms with van der Waals surface area (Å²) in [6.07, 6.45) is -1.23. The zero-order valence-corrected chi connectivity index (χ0v) is 11.2. The van der Waals surface area contributed by atoms with Gasteiger partial charge in [-0.2, -0.15) is 0 Å². The lowest BCUT2D eigenvalue weighted by atomic mass is 10.0. The first-order valence-electron chi connectivity index (χ1n) is 6.00. The molecule has 0 aliphatic carbocycles. The van der Waals surface area contributed by atoms with E-state index in [1.165, 1.54) is 31.2 Å². The number of benzene rings is 2. The first-order chi connectivity index (χ1) is 9.47. The van der Waals surface area contributed by atoms with Gasteiger partial charge < -0.3 is 9.52 Å². The molecule has 20 heavy (non-hydrogen) atoms. The van der Waals surface area contributed by atoms with Crippen molar-refractivity contribution in [2.45, 2.75) is 13.1 Å². The maximum absolute atomic E-state index is 13.4. The molecule has 0 saturated carbocycles. The number of phenols is 1. The molecule has 102 valence electrons. The third kappa shape index (κ3) is 1.93. The van der Waals surface area contributed by atoms with Crippen molar-refractivity contribution in [2.24, 2.45) is 0 Å². The molecule has 2 aromatic carbocycles. The fraction of sp³-hybridized carbons (Fsp3) is 0.133. The highest BCUT2D eigenvalue weighted by Gasteiger charge is 2.14. The van der Waals surface area contributed by atoms with Gasteiger partial charge >= 0.3 is 5.63 Å². The summed E-state index contributed by atoms with van der Waals surface area (Å²) >= 11 is 6.19. The molecule has 0 bridgehead atoms. The lowest BCUT2D eigenvalue weighted by Gasteiger charge is -2.08. The summed E-state index contributed by atoms with van der Waals surface area (Å²) < 4.78 is 18.6. The molecule has 0 amide bonds. The Morgan fingerprint density at radius 3 is 2.70 bits per heavy atom. The van der Waals surface area contributed by atoms with Crippen molar-refractivity contribution in [1.29, 1.82) is 0 Å². The van der Waals surface area contributed by atoms with E-state index in [1.807, 2.05) is 0 Å². The van der Waals surface area contributed by atoms with Gasteiger partial charge in [0.25, 0.3) is 0 Å². The van der Waals surface area contributed by atoms with Crippen molar-refractivity contribution in [3.8, 4) is 5.75 Å². The van der Waals surface area contributed by atoms with Crippen LogP contribution in [0.15, 0.2) is 39.5 Å². The van der Waals surface area contributed by atoms with Gasteiger partial charge in [0.15, 0.2) is 0 Å². The highest BCUT2D eigenvalue weighted by atomic mass is 35.5. The van der Waals surface area contributed by atoms with Crippen molar-refractivity contribution in [2.75, 3.05) is 0 Å². The predicted molar refractivity (Wildman–Crippen MR) is 76.2 cm³/mol. The fourth-order valence-electron chi connectivity index (χ4n) is 2.25. The van der Waals surface area contributed by atoms with Gasteiger partial charge in [-0.1, -0.05) is 11.6 Å². The lowest BCUT2D eigenvalue weighted by Crippen LogP contribution is -2.01. The molecule has 0 spiro atoms. The zero-order chi connectivity index (χ0) is 14.4. The van der Waals surface area contributed by atoms with E-state index < -0.39 is 11.8 Å². The first kappa shape index (κ1) is 12.9. The minimum atomic E-state index is -1.23. The van der Waals surface area contributed by atoms with Crippen LogP contribution in [-0.2, 0) is 0 Å². The van der Waals surface area contributed by atoms with Crippen molar-refractivity contribution in [1.82, 2.24) is 0 Å². The molecule has 1 heterocycles. The summed E-state index contributed by atoms with van der Waals surface area (Å²) in [4.78, 5) is 12.0. The van der Waals surface area contributed by atoms with Crippen LogP contribution in [0.2, 0.25) is 5.02 Å². The third-order valence-corrected chi connectivity index (χ3v) is 3.53. The number of phenolic OH excluding ortho intramolecular Hbond substituents is 1. The van der Waals surface area contributed by atoms with Crippen LogP contribution >= 0.6 is 11.6 Å². The molecule has 3 rings (SSSR count). The second kappa shape index (κ2) is 4.49. The van der Waals surface area contributed by atoms with E-state index in [2.05, 4.69) is 0 Å². The first-order valence-corrected chi connectivity index (χ1v) is 6.38. The topological polar surface area (TPSA) is 50.4 Å². The molecule has 1 aromatic heterocycles. The Balaban J connectivity index is 2.53. The molecular formula is C15H10ClFO3. The van der Waals surface area contributed by atoms with Crippen molar-refractivity contribution >= 4 is 33.3 Å². The smallest absolute Gasteiger partial charge is 0.344 e. The van der Waals surface area contributed by atoms with E-state index in [0.717, 1.165) is 0 Å². The quantitative estimate of drug-likeness (QED) is 0.536. The Hall–Kier alpha value is -2.07. The molecule has 1 unspecified atom stereocenters. The molecule has 1 N–H and O–H groups in total. The minimum Gasteiger partial charge on any atom is -0.508 e. The van der Waals surface area contributed by atoms with Crippen molar-refractivity contribution in [3.63, 3.8) is 0 Å². The molecule has 0 aliphatic rings. The predicted octanol–water partition coefficient (Wildman–Crippen LogP) is 4.34. The van der Waals surface area contributed by atoms with Crippen LogP contribution in [0.3, 0.4) is 0 Å². The number of rotatable bonds is 1. The standard InChI is InChI=1S/C15H10ClFO3/c1-7(17)8-4-11-14(12(16)5-8)10-3-2-9(18)6-13(10)20-15(11)19/h2-7,18H,1H3. The van der Waals surface area contributed by atoms with Crippen LogP contribution in [0.4, 0.5) is 4.39 Å². The van der Waals surface area contributed by atoms with Gasteiger partial charge in [-0.25, -0.2) is 9.18 Å². The van der Waals surface area contributed by atoms with Gasteiger partial charge in [-0.3, -0.25) is 0 Å². The monoisotopic (exact) mass is 292 g/mol. The highest BCUT2D eigenvalue weighted by molar-refractivity contribution is 6.37. The number of hydrogen-bond acceptors (Lipinski definition) is 3. The van der Waals surface area contributed by atoms with Crippen LogP contribution in [-0.4, -0.2) is 5.11 Å². The second-order valence-electron chi connectivity index (χ2n) is 4.61. The Morgan fingerprint density at radius 1 is 1.25 bits per heavy atom. The summed E-state index contributed by atoms with van der Waals surface area (Å²) in [7, 11) is 0. The lowest BCUT2D eigenvalue weighted by molar-refractivity contribution is 0.374. The fourth-order valence-corrected chi connectivity index (χ4v) is 2.58. The molecule has 1 atom stereocenters. The van der Waals surface area contributed by atoms with E-state index in [0.29, 0.717) is 16.3 Å². The van der Waals surface area contributed by atoms with E-state index in [1.54, 1.807) is 6.07 Å². The number of halogens is 2. The number of hydrogen-bond donors (Lipinski definition) is 1. The second-order valence-corrected chi connectivity index (χ2v) is 5.02. The molecular weight excluding hydrogens is 283 g/mol. The normalized spacial score (nSPS) is 12.9. The SMILES string of the molecule is CC(F)c1cc(Cl)c2c(c1)c(=O)oc1cc(O)ccc12. The van der Waals surface area contributed by atoms with Crippen molar-refractivity contribution < 1.29 is 13.9 Å². The Kier molecular flexibility index (Phi) is 2.91.